The number of methoxy groups -OCH3 is 1. The van der Waals surface area contributed by atoms with Crippen molar-refractivity contribution in [1.82, 2.24) is 19.9 Å². The van der Waals surface area contributed by atoms with E-state index < -0.39 is 17.2 Å². The molecule has 0 radical (unpaired) electrons. The lowest BCUT2D eigenvalue weighted by molar-refractivity contribution is -0.122. The summed E-state index contributed by atoms with van der Waals surface area (Å²) in [6.07, 6.45) is 1.34. The van der Waals surface area contributed by atoms with Crippen LogP contribution in [-0.4, -0.2) is 27.6 Å². The zero-order chi connectivity index (χ0) is 18.0. The molecule has 3 rings (SSSR count). The molecule has 0 atom stereocenters. The van der Waals surface area contributed by atoms with Crippen LogP contribution in [0.5, 0.6) is 5.75 Å². The summed E-state index contributed by atoms with van der Waals surface area (Å²) in [5, 5.41) is 2.62. The minimum Gasteiger partial charge on any atom is -0.497 e. The van der Waals surface area contributed by atoms with Crippen molar-refractivity contribution in [3.63, 3.8) is 0 Å². The first-order chi connectivity index (χ1) is 12.0. The lowest BCUT2D eigenvalue weighted by Gasteiger charge is -2.06. The molecule has 1 amide bonds. The van der Waals surface area contributed by atoms with Gasteiger partial charge in [0.25, 0.3) is 5.56 Å². The van der Waals surface area contributed by atoms with Crippen LogP contribution in [-0.2, 0) is 17.9 Å². The highest BCUT2D eigenvalue weighted by atomic mass is 16.5. The summed E-state index contributed by atoms with van der Waals surface area (Å²) < 4.78 is 11.8. The number of nitrogens with zero attached hydrogens (tertiary/aromatic N) is 2. The van der Waals surface area contributed by atoms with Gasteiger partial charge >= 0.3 is 5.69 Å². The molecule has 2 N–H and O–H groups in total. The number of hydrogen-bond donors (Lipinski definition) is 2. The van der Waals surface area contributed by atoms with Gasteiger partial charge in [0.15, 0.2) is 5.58 Å². The monoisotopic (exact) mass is 344 g/mol. The SMILES string of the molecule is COc1ccc2oc(CNC(=O)Cn3cc(C)c(=O)[nH]c3=O)nc2c1. The molecule has 0 fully saturated rings. The van der Waals surface area contributed by atoms with Gasteiger partial charge in [-0.3, -0.25) is 19.1 Å². The first kappa shape index (κ1) is 16.5. The van der Waals surface area contributed by atoms with Gasteiger partial charge in [-0.2, -0.15) is 0 Å². The van der Waals surface area contributed by atoms with Crippen molar-refractivity contribution in [2.45, 2.75) is 20.0 Å². The van der Waals surface area contributed by atoms with E-state index >= 15 is 0 Å². The topological polar surface area (TPSA) is 119 Å². The molecule has 0 bridgehead atoms. The van der Waals surface area contributed by atoms with Crippen LogP contribution in [0.15, 0.2) is 38.4 Å². The molecular formula is C16H16N4O5. The van der Waals surface area contributed by atoms with E-state index in [4.69, 9.17) is 9.15 Å². The maximum atomic E-state index is 12.0. The fourth-order valence-electron chi connectivity index (χ4n) is 2.28. The largest absolute Gasteiger partial charge is 0.497 e. The number of aromatic amines is 1. The molecular weight excluding hydrogens is 328 g/mol. The Bertz CT molecular complexity index is 1050. The molecule has 0 spiro atoms. The number of aryl methyl sites for hydroxylation is 1. The van der Waals surface area contributed by atoms with Gasteiger partial charge in [-0.25, -0.2) is 9.78 Å². The number of carbonyl (C=O) groups excluding carboxylic acids is 1. The Morgan fingerprint density at radius 1 is 1.40 bits per heavy atom. The quantitative estimate of drug-likeness (QED) is 0.687. The zero-order valence-corrected chi connectivity index (χ0v) is 13.7. The molecule has 2 aromatic heterocycles. The van der Waals surface area contributed by atoms with Crippen molar-refractivity contribution < 1.29 is 13.9 Å². The third kappa shape index (κ3) is 3.60. The second-order valence-electron chi connectivity index (χ2n) is 5.42. The third-order valence-corrected chi connectivity index (χ3v) is 3.58. The van der Waals surface area contributed by atoms with Gasteiger partial charge in [0.1, 0.15) is 17.8 Å². The number of aromatic nitrogens is 3. The highest BCUT2D eigenvalue weighted by Crippen LogP contribution is 2.21. The Morgan fingerprint density at radius 2 is 2.20 bits per heavy atom. The summed E-state index contributed by atoms with van der Waals surface area (Å²) in [5.74, 6) is 0.583. The van der Waals surface area contributed by atoms with E-state index in [1.54, 1.807) is 32.2 Å². The molecule has 0 unspecified atom stereocenters. The van der Waals surface area contributed by atoms with Gasteiger partial charge in [0.2, 0.25) is 11.8 Å². The number of ether oxygens (including phenoxy) is 1. The Kier molecular flexibility index (Phi) is 4.38. The lowest BCUT2D eigenvalue weighted by atomic mass is 10.3. The Morgan fingerprint density at radius 3 is 2.96 bits per heavy atom. The van der Waals surface area contributed by atoms with Crippen LogP contribution in [0.3, 0.4) is 0 Å². The van der Waals surface area contributed by atoms with Gasteiger partial charge in [-0.1, -0.05) is 0 Å². The standard InChI is InChI=1S/C16H16N4O5/c1-9-7-20(16(23)19-15(9)22)8-13(21)17-6-14-18-11-5-10(24-2)3-4-12(11)25-14/h3-5,7H,6,8H2,1-2H3,(H,17,21)(H,19,22,23). The van der Waals surface area contributed by atoms with E-state index in [-0.39, 0.29) is 13.1 Å². The van der Waals surface area contributed by atoms with Crippen molar-refractivity contribution in [2.24, 2.45) is 0 Å². The summed E-state index contributed by atoms with van der Waals surface area (Å²) in [6.45, 7) is 1.41. The molecule has 0 aliphatic rings. The predicted octanol–water partition coefficient (Wildman–Crippen LogP) is 0.311. The van der Waals surface area contributed by atoms with Crippen LogP contribution in [0.25, 0.3) is 11.1 Å². The summed E-state index contributed by atoms with van der Waals surface area (Å²) in [4.78, 5) is 41.4. The highest BCUT2D eigenvalue weighted by Gasteiger charge is 2.10. The van der Waals surface area contributed by atoms with E-state index in [9.17, 15) is 14.4 Å². The number of carbonyl (C=O) groups is 1. The fourth-order valence-corrected chi connectivity index (χ4v) is 2.28. The lowest BCUT2D eigenvalue weighted by Crippen LogP contribution is -2.36. The number of amides is 1. The number of nitrogens with one attached hydrogen (secondary N) is 2. The average Bonchev–Trinajstić information content (AvgIpc) is 2.99. The van der Waals surface area contributed by atoms with Crippen molar-refractivity contribution in [2.75, 3.05) is 7.11 Å². The van der Waals surface area contributed by atoms with Crippen LogP contribution in [0.2, 0.25) is 0 Å². The number of hydrogen-bond acceptors (Lipinski definition) is 6. The Balaban J connectivity index is 1.67. The molecule has 3 aromatic rings. The second kappa shape index (κ2) is 6.63. The second-order valence-corrected chi connectivity index (χ2v) is 5.42. The van der Waals surface area contributed by atoms with E-state index in [0.717, 1.165) is 4.57 Å². The maximum Gasteiger partial charge on any atom is 0.328 e. The number of fused-ring (bicyclic) bond motifs is 1. The average molecular weight is 344 g/mol. The molecule has 9 nitrogen and oxygen atoms in total. The van der Waals surface area contributed by atoms with Gasteiger partial charge in [0, 0.05) is 17.8 Å². The van der Waals surface area contributed by atoms with Crippen LogP contribution >= 0.6 is 0 Å². The molecule has 0 aliphatic carbocycles. The summed E-state index contributed by atoms with van der Waals surface area (Å²) in [5.41, 5.74) is 0.442. The van der Waals surface area contributed by atoms with Crippen molar-refractivity contribution >= 4 is 17.0 Å². The van der Waals surface area contributed by atoms with Crippen molar-refractivity contribution in [3.05, 3.63) is 56.7 Å². The Hall–Kier alpha value is -3.36. The predicted molar refractivity (Wildman–Crippen MR) is 88.5 cm³/mol. The Labute approximate surface area is 141 Å². The fraction of sp³-hybridized carbons (Fsp3) is 0.250. The van der Waals surface area contributed by atoms with Crippen LogP contribution < -0.4 is 21.3 Å². The van der Waals surface area contributed by atoms with E-state index in [0.29, 0.717) is 28.3 Å². The zero-order valence-electron chi connectivity index (χ0n) is 13.7. The van der Waals surface area contributed by atoms with Gasteiger partial charge in [-0.05, 0) is 19.1 Å². The van der Waals surface area contributed by atoms with Gasteiger partial charge < -0.3 is 14.5 Å². The van der Waals surface area contributed by atoms with Gasteiger partial charge in [0.05, 0.1) is 13.7 Å². The first-order valence-corrected chi connectivity index (χ1v) is 7.47. The molecule has 2 heterocycles. The van der Waals surface area contributed by atoms with E-state index in [1.165, 1.54) is 6.20 Å². The normalized spacial score (nSPS) is 10.8. The molecule has 1 aromatic carbocycles. The van der Waals surface area contributed by atoms with Crippen LogP contribution in [0.1, 0.15) is 11.5 Å². The van der Waals surface area contributed by atoms with Gasteiger partial charge in [-0.15, -0.1) is 0 Å². The summed E-state index contributed by atoms with van der Waals surface area (Å²) in [7, 11) is 1.56. The van der Waals surface area contributed by atoms with Crippen LogP contribution in [0.4, 0.5) is 0 Å². The molecule has 9 heteroatoms. The minimum absolute atomic E-state index is 0.0763. The number of rotatable bonds is 5. The number of H-pyrrole nitrogens is 1. The highest BCUT2D eigenvalue weighted by molar-refractivity contribution is 5.76. The number of oxazole rings is 1. The summed E-state index contributed by atoms with van der Waals surface area (Å²) >= 11 is 0. The van der Waals surface area contributed by atoms with Crippen molar-refractivity contribution in [3.8, 4) is 5.75 Å². The van der Waals surface area contributed by atoms with Crippen LogP contribution in [0, 0.1) is 6.92 Å². The molecule has 0 saturated carbocycles. The van der Waals surface area contributed by atoms with E-state index in [2.05, 4.69) is 15.3 Å². The van der Waals surface area contributed by atoms with Crippen molar-refractivity contribution in [1.29, 1.82) is 0 Å². The summed E-state index contributed by atoms with van der Waals surface area (Å²) in [6, 6.07) is 5.21. The molecule has 25 heavy (non-hydrogen) atoms. The minimum atomic E-state index is -0.639. The molecule has 0 aliphatic heterocycles. The third-order valence-electron chi connectivity index (χ3n) is 3.58. The molecule has 130 valence electrons. The smallest absolute Gasteiger partial charge is 0.328 e. The first-order valence-electron chi connectivity index (χ1n) is 7.47. The van der Waals surface area contributed by atoms with E-state index in [1.807, 2.05) is 0 Å². The molecule has 0 saturated heterocycles. The number of benzene rings is 1. The maximum absolute atomic E-state index is 12.0.